The van der Waals surface area contributed by atoms with E-state index in [1.807, 2.05) is 6.92 Å². The highest BCUT2D eigenvalue weighted by Gasteiger charge is 2.32. The fourth-order valence-electron chi connectivity index (χ4n) is 1.84. The van der Waals surface area contributed by atoms with E-state index in [1.54, 1.807) is 0 Å². The highest BCUT2D eigenvalue weighted by Crippen LogP contribution is 2.35. The van der Waals surface area contributed by atoms with Crippen molar-refractivity contribution in [1.82, 2.24) is 0 Å². The highest BCUT2D eigenvalue weighted by molar-refractivity contribution is 5.40. The third kappa shape index (κ3) is 4.87. The first-order chi connectivity index (χ1) is 9.81. The van der Waals surface area contributed by atoms with Gasteiger partial charge in [-0.15, -0.1) is 0 Å². The number of aliphatic hydroxyl groups is 2. The van der Waals surface area contributed by atoms with Gasteiger partial charge in [0.1, 0.15) is 5.75 Å². The van der Waals surface area contributed by atoms with Gasteiger partial charge >= 0.3 is 6.18 Å². The summed E-state index contributed by atoms with van der Waals surface area (Å²) in [6.45, 7) is 1.92. The molecule has 4 nitrogen and oxygen atoms in total. The van der Waals surface area contributed by atoms with Gasteiger partial charge in [0.2, 0.25) is 0 Å². The number of rotatable bonds is 7. The van der Waals surface area contributed by atoms with Crippen molar-refractivity contribution in [2.24, 2.45) is 5.73 Å². The molecule has 0 aliphatic heterocycles. The molecule has 120 valence electrons. The maximum atomic E-state index is 12.8. The second kappa shape index (κ2) is 7.63. The van der Waals surface area contributed by atoms with E-state index >= 15 is 0 Å². The second-order valence-corrected chi connectivity index (χ2v) is 4.72. The first kappa shape index (κ1) is 17.7. The van der Waals surface area contributed by atoms with Crippen LogP contribution >= 0.6 is 0 Å². The number of alkyl halides is 3. The summed E-state index contributed by atoms with van der Waals surface area (Å²) in [7, 11) is 0. The van der Waals surface area contributed by atoms with Gasteiger partial charge in [0.25, 0.3) is 0 Å². The topological polar surface area (TPSA) is 75.7 Å². The van der Waals surface area contributed by atoms with Crippen molar-refractivity contribution < 1.29 is 28.1 Å². The molecule has 0 aliphatic rings. The Morgan fingerprint density at radius 2 is 2.00 bits per heavy atom. The Hall–Kier alpha value is -1.31. The van der Waals surface area contributed by atoms with Crippen LogP contribution in [0.3, 0.4) is 0 Å². The minimum Gasteiger partial charge on any atom is -0.493 e. The number of benzene rings is 1. The number of aliphatic hydroxyl groups excluding tert-OH is 2. The molecule has 0 fully saturated rings. The average molecular weight is 307 g/mol. The predicted molar refractivity (Wildman–Crippen MR) is 71.9 cm³/mol. The van der Waals surface area contributed by atoms with Gasteiger partial charge in [0.15, 0.2) is 0 Å². The van der Waals surface area contributed by atoms with E-state index < -0.39 is 23.9 Å². The molecule has 1 rings (SSSR count). The number of ether oxygens (including phenoxy) is 1. The van der Waals surface area contributed by atoms with Crippen LogP contribution in [0.5, 0.6) is 5.75 Å². The molecule has 1 aromatic rings. The predicted octanol–water partition coefficient (Wildman–Crippen LogP) is 2.24. The smallest absolute Gasteiger partial charge is 0.416 e. The van der Waals surface area contributed by atoms with Crippen LogP contribution in [-0.2, 0) is 6.18 Å². The molecule has 0 saturated heterocycles. The Morgan fingerprint density at radius 3 is 2.52 bits per heavy atom. The molecule has 0 bridgehead atoms. The van der Waals surface area contributed by atoms with Crippen LogP contribution in [0.4, 0.5) is 13.2 Å². The highest BCUT2D eigenvalue weighted by atomic mass is 19.4. The molecule has 2 unspecified atom stereocenters. The fraction of sp³-hybridized carbons (Fsp3) is 0.571. The third-order valence-electron chi connectivity index (χ3n) is 2.99. The van der Waals surface area contributed by atoms with E-state index in [9.17, 15) is 18.3 Å². The van der Waals surface area contributed by atoms with Crippen molar-refractivity contribution in [1.29, 1.82) is 0 Å². The summed E-state index contributed by atoms with van der Waals surface area (Å²) in [6.07, 6.45) is -5.10. The summed E-state index contributed by atoms with van der Waals surface area (Å²) in [5.41, 5.74) is 4.78. The lowest BCUT2D eigenvalue weighted by Crippen LogP contribution is -2.30. The summed E-state index contributed by atoms with van der Waals surface area (Å²) in [6, 6.07) is 2.05. The summed E-state index contributed by atoms with van der Waals surface area (Å²) >= 11 is 0. The standard InChI is InChI=1S/C14H20F3NO3/c1-2-7-21-12-4-3-9(14(15,16)17)8-10(12)13(20)11(18)5-6-19/h3-4,8,11,13,19-20H,2,5-7,18H2,1H3. The Bertz CT molecular complexity index is 452. The van der Waals surface area contributed by atoms with Gasteiger partial charge < -0.3 is 20.7 Å². The SMILES string of the molecule is CCCOc1ccc(C(F)(F)F)cc1C(O)C(N)CCO. The fourth-order valence-corrected chi connectivity index (χ4v) is 1.84. The maximum Gasteiger partial charge on any atom is 0.416 e. The molecule has 0 aromatic heterocycles. The lowest BCUT2D eigenvalue weighted by atomic mass is 9.97. The van der Waals surface area contributed by atoms with Crippen molar-refractivity contribution in [3.05, 3.63) is 29.3 Å². The molecule has 0 amide bonds. The first-order valence-corrected chi connectivity index (χ1v) is 6.69. The van der Waals surface area contributed by atoms with Gasteiger partial charge in [-0.3, -0.25) is 0 Å². The molecule has 0 saturated carbocycles. The van der Waals surface area contributed by atoms with Crippen molar-refractivity contribution in [2.45, 2.75) is 38.1 Å². The molecule has 2 atom stereocenters. The second-order valence-electron chi connectivity index (χ2n) is 4.72. The Balaban J connectivity index is 3.15. The summed E-state index contributed by atoms with van der Waals surface area (Å²) in [5, 5.41) is 18.9. The van der Waals surface area contributed by atoms with E-state index in [2.05, 4.69) is 0 Å². The van der Waals surface area contributed by atoms with E-state index in [0.717, 1.165) is 12.1 Å². The molecular weight excluding hydrogens is 287 g/mol. The zero-order chi connectivity index (χ0) is 16.0. The van der Waals surface area contributed by atoms with Crippen LogP contribution in [-0.4, -0.2) is 29.5 Å². The minimum absolute atomic E-state index is 0.0146. The Kier molecular flexibility index (Phi) is 6.44. The first-order valence-electron chi connectivity index (χ1n) is 6.69. The van der Waals surface area contributed by atoms with Crippen LogP contribution in [0.25, 0.3) is 0 Å². The number of halogens is 3. The van der Waals surface area contributed by atoms with Crippen LogP contribution in [0, 0.1) is 0 Å². The van der Waals surface area contributed by atoms with Gasteiger partial charge in [-0.1, -0.05) is 6.92 Å². The molecule has 0 heterocycles. The lowest BCUT2D eigenvalue weighted by Gasteiger charge is -2.22. The monoisotopic (exact) mass is 307 g/mol. The van der Waals surface area contributed by atoms with Crippen molar-refractivity contribution in [3.8, 4) is 5.75 Å². The van der Waals surface area contributed by atoms with Crippen LogP contribution in [0.1, 0.15) is 37.0 Å². The molecule has 0 aliphatic carbocycles. The van der Waals surface area contributed by atoms with E-state index in [1.165, 1.54) is 6.07 Å². The number of nitrogens with two attached hydrogens (primary N) is 1. The van der Waals surface area contributed by atoms with Gasteiger partial charge in [-0.25, -0.2) is 0 Å². The largest absolute Gasteiger partial charge is 0.493 e. The van der Waals surface area contributed by atoms with E-state index in [-0.39, 0.29) is 24.3 Å². The molecule has 0 radical (unpaired) electrons. The summed E-state index contributed by atoms with van der Waals surface area (Å²) in [5.74, 6) is 0.172. The molecular formula is C14H20F3NO3. The van der Waals surface area contributed by atoms with Gasteiger partial charge in [0.05, 0.1) is 18.3 Å². The van der Waals surface area contributed by atoms with E-state index in [0.29, 0.717) is 13.0 Å². The van der Waals surface area contributed by atoms with E-state index in [4.69, 9.17) is 15.6 Å². The molecule has 7 heteroatoms. The van der Waals surface area contributed by atoms with Crippen LogP contribution in [0.15, 0.2) is 18.2 Å². The Labute approximate surface area is 121 Å². The third-order valence-corrected chi connectivity index (χ3v) is 2.99. The Morgan fingerprint density at radius 1 is 1.33 bits per heavy atom. The van der Waals surface area contributed by atoms with Crippen molar-refractivity contribution in [2.75, 3.05) is 13.2 Å². The van der Waals surface area contributed by atoms with Crippen molar-refractivity contribution in [3.63, 3.8) is 0 Å². The van der Waals surface area contributed by atoms with Crippen LogP contribution < -0.4 is 10.5 Å². The summed E-state index contributed by atoms with van der Waals surface area (Å²) < 4.78 is 43.7. The zero-order valence-electron chi connectivity index (χ0n) is 11.7. The number of hydrogen-bond donors (Lipinski definition) is 3. The van der Waals surface area contributed by atoms with Gasteiger partial charge in [-0.2, -0.15) is 13.2 Å². The van der Waals surface area contributed by atoms with Gasteiger partial charge in [0, 0.05) is 18.2 Å². The lowest BCUT2D eigenvalue weighted by molar-refractivity contribution is -0.137. The summed E-state index contributed by atoms with van der Waals surface area (Å²) in [4.78, 5) is 0. The minimum atomic E-state index is -4.52. The average Bonchev–Trinajstić information content (AvgIpc) is 2.43. The normalized spacial score (nSPS) is 14.8. The van der Waals surface area contributed by atoms with Gasteiger partial charge in [-0.05, 0) is 31.0 Å². The van der Waals surface area contributed by atoms with Crippen LogP contribution in [0.2, 0.25) is 0 Å². The van der Waals surface area contributed by atoms with Crippen molar-refractivity contribution >= 4 is 0 Å². The number of hydrogen-bond acceptors (Lipinski definition) is 4. The molecule has 21 heavy (non-hydrogen) atoms. The zero-order valence-corrected chi connectivity index (χ0v) is 11.7. The molecule has 4 N–H and O–H groups in total. The maximum absolute atomic E-state index is 12.8. The molecule has 1 aromatic carbocycles. The quantitative estimate of drug-likeness (QED) is 0.722. The molecule has 0 spiro atoms.